The molecule has 2 rings (SSSR count). The van der Waals surface area contributed by atoms with Crippen molar-refractivity contribution in [2.24, 2.45) is 0 Å². The molecule has 0 spiro atoms. The van der Waals surface area contributed by atoms with E-state index in [0.29, 0.717) is 0 Å². The lowest BCUT2D eigenvalue weighted by Gasteiger charge is -2.30. The zero-order valence-electron chi connectivity index (χ0n) is 14.5. The third kappa shape index (κ3) is 5.54. The van der Waals surface area contributed by atoms with Crippen molar-refractivity contribution in [3.05, 3.63) is 35.9 Å². The summed E-state index contributed by atoms with van der Waals surface area (Å²) in [4.78, 5) is 12.1. The second-order valence-corrected chi connectivity index (χ2v) is 7.48. The van der Waals surface area contributed by atoms with Crippen molar-refractivity contribution in [2.45, 2.75) is 76.5 Å². The quantitative estimate of drug-likeness (QED) is 0.779. The van der Waals surface area contributed by atoms with Gasteiger partial charge in [0.15, 0.2) is 0 Å². The predicted octanol–water partition coefficient (Wildman–Crippen LogP) is 3.35. The van der Waals surface area contributed by atoms with Crippen molar-refractivity contribution in [1.82, 2.24) is 10.6 Å². The molecule has 0 aromatic heterocycles. The minimum atomic E-state index is -0.193. The molecule has 0 bridgehead atoms. The second-order valence-electron chi connectivity index (χ2n) is 7.48. The molecule has 0 saturated heterocycles. The van der Waals surface area contributed by atoms with Crippen LogP contribution in [0.5, 0.6) is 0 Å². The van der Waals surface area contributed by atoms with Gasteiger partial charge >= 0.3 is 6.03 Å². The van der Waals surface area contributed by atoms with E-state index in [9.17, 15) is 9.90 Å². The highest BCUT2D eigenvalue weighted by atomic mass is 16.3. The van der Waals surface area contributed by atoms with Gasteiger partial charge in [-0.15, -0.1) is 0 Å². The molecule has 0 unspecified atom stereocenters. The van der Waals surface area contributed by atoms with Crippen LogP contribution in [-0.2, 0) is 5.41 Å². The maximum Gasteiger partial charge on any atom is 0.315 e. The van der Waals surface area contributed by atoms with E-state index in [1.165, 1.54) is 5.56 Å². The van der Waals surface area contributed by atoms with Gasteiger partial charge in [0.2, 0.25) is 0 Å². The molecule has 4 heteroatoms. The Hall–Kier alpha value is -1.55. The lowest BCUT2D eigenvalue weighted by atomic mass is 9.79. The molecule has 3 N–H and O–H groups in total. The SMILES string of the molecule is C[C@@H](CC(C)(C)c1ccccc1)NC(=O)NC1CCC(O)CC1. The van der Waals surface area contributed by atoms with Gasteiger partial charge in [-0.2, -0.15) is 0 Å². The molecule has 0 heterocycles. The predicted molar refractivity (Wildman–Crippen MR) is 93.5 cm³/mol. The van der Waals surface area contributed by atoms with Crippen LogP contribution in [0.1, 0.15) is 58.4 Å². The first-order valence-electron chi connectivity index (χ1n) is 8.67. The minimum absolute atomic E-state index is 0.0168. The Balaban J connectivity index is 1.79. The number of rotatable bonds is 5. The van der Waals surface area contributed by atoms with Gasteiger partial charge in [0, 0.05) is 12.1 Å². The first-order chi connectivity index (χ1) is 10.9. The first-order valence-corrected chi connectivity index (χ1v) is 8.67. The molecule has 4 nitrogen and oxygen atoms in total. The summed E-state index contributed by atoms with van der Waals surface area (Å²) < 4.78 is 0. The standard InChI is InChI=1S/C19H30N2O2/c1-14(13-19(2,3)15-7-5-4-6-8-15)20-18(23)21-16-9-11-17(22)12-10-16/h4-8,14,16-17,22H,9-13H2,1-3H3,(H2,20,21,23)/t14-,16?,17?/m0/s1. The van der Waals surface area contributed by atoms with Gasteiger partial charge in [0.25, 0.3) is 0 Å². The van der Waals surface area contributed by atoms with Crippen LogP contribution in [0.25, 0.3) is 0 Å². The summed E-state index contributed by atoms with van der Waals surface area (Å²) in [6.45, 7) is 6.47. The lowest BCUT2D eigenvalue weighted by molar-refractivity contribution is 0.117. The Morgan fingerprint density at radius 2 is 1.83 bits per heavy atom. The number of carbonyl (C=O) groups is 1. The molecule has 2 amide bonds. The minimum Gasteiger partial charge on any atom is -0.393 e. The number of aliphatic hydroxyl groups excluding tert-OH is 1. The topological polar surface area (TPSA) is 61.4 Å². The van der Waals surface area contributed by atoms with Gasteiger partial charge in [-0.05, 0) is 50.0 Å². The zero-order valence-corrected chi connectivity index (χ0v) is 14.5. The van der Waals surface area contributed by atoms with E-state index < -0.39 is 0 Å². The number of hydrogen-bond donors (Lipinski definition) is 3. The third-order valence-electron chi connectivity index (χ3n) is 4.78. The van der Waals surface area contributed by atoms with Gasteiger partial charge in [-0.1, -0.05) is 44.2 Å². The Labute approximate surface area is 139 Å². The van der Waals surface area contributed by atoms with Crippen LogP contribution in [0.4, 0.5) is 4.79 Å². The molecule has 1 aromatic carbocycles. The fourth-order valence-corrected chi connectivity index (χ4v) is 3.49. The Kier molecular flexibility index (Phi) is 6.05. The van der Waals surface area contributed by atoms with Crippen molar-refractivity contribution < 1.29 is 9.90 Å². The van der Waals surface area contributed by atoms with Crippen molar-refractivity contribution >= 4 is 6.03 Å². The molecule has 0 aliphatic heterocycles. The van der Waals surface area contributed by atoms with E-state index in [1.807, 2.05) is 6.07 Å². The molecule has 128 valence electrons. The molecule has 1 aliphatic rings. The number of urea groups is 1. The maximum absolute atomic E-state index is 12.1. The molecular formula is C19H30N2O2. The second kappa shape index (κ2) is 7.82. The number of amides is 2. The van der Waals surface area contributed by atoms with Crippen LogP contribution in [0.3, 0.4) is 0 Å². The molecular weight excluding hydrogens is 288 g/mol. The Bertz CT molecular complexity index is 493. The molecule has 1 aromatic rings. The monoisotopic (exact) mass is 318 g/mol. The first kappa shape index (κ1) is 17.8. The van der Waals surface area contributed by atoms with Crippen molar-refractivity contribution in [2.75, 3.05) is 0 Å². The lowest BCUT2D eigenvalue weighted by Crippen LogP contribution is -2.47. The number of carbonyl (C=O) groups excluding carboxylic acids is 1. The van der Waals surface area contributed by atoms with Gasteiger partial charge in [-0.25, -0.2) is 4.79 Å². The Morgan fingerprint density at radius 3 is 2.43 bits per heavy atom. The molecule has 23 heavy (non-hydrogen) atoms. The van der Waals surface area contributed by atoms with Gasteiger partial charge in [-0.3, -0.25) is 0 Å². The van der Waals surface area contributed by atoms with Crippen LogP contribution >= 0.6 is 0 Å². The zero-order chi connectivity index (χ0) is 16.9. The van der Waals surface area contributed by atoms with Crippen molar-refractivity contribution in [1.29, 1.82) is 0 Å². The molecule has 1 saturated carbocycles. The highest BCUT2D eigenvalue weighted by molar-refractivity contribution is 5.74. The fraction of sp³-hybridized carbons (Fsp3) is 0.632. The van der Waals surface area contributed by atoms with Gasteiger partial charge < -0.3 is 15.7 Å². The molecule has 0 radical (unpaired) electrons. The third-order valence-corrected chi connectivity index (χ3v) is 4.78. The normalized spacial score (nSPS) is 23.1. The number of hydrogen-bond acceptors (Lipinski definition) is 2. The maximum atomic E-state index is 12.1. The van der Waals surface area contributed by atoms with E-state index in [4.69, 9.17) is 0 Å². The molecule has 1 fully saturated rings. The van der Waals surface area contributed by atoms with E-state index >= 15 is 0 Å². The van der Waals surface area contributed by atoms with E-state index in [0.717, 1.165) is 32.1 Å². The summed E-state index contributed by atoms with van der Waals surface area (Å²) in [5.74, 6) is 0. The summed E-state index contributed by atoms with van der Waals surface area (Å²) in [5.41, 5.74) is 1.30. The van der Waals surface area contributed by atoms with Crippen molar-refractivity contribution in [3.8, 4) is 0 Å². The van der Waals surface area contributed by atoms with E-state index in [-0.39, 0.29) is 29.6 Å². The average molecular weight is 318 g/mol. The average Bonchev–Trinajstić information content (AvgIpc) is 2.49. The van der Waals surface area contributed by atoms with Crippen LogP contribution in [0, 0.1) is 0 Å². The summed E-state index contributed by atoms with van der Waals surface area (Å²) >= 11 is 0. The smallest absolute Gasteiger partial charge is 0.315 e. The molecule has 1 atom stereocenters. The van der Waals surface area contributed by atoms with Crippen molar-refractivity contribution in [3.63, 3.8) is 0 Å². The van der Waals surface area contributed by atoms with E-state index in [1.54, 1.807) is 0 Å². The summed E-state index contributed by atoms with van der Waals surface area (Å²) in [6.07, 6.45) is 3.97. The van der Waals surface area contributed by atoms with Gasteiger partial charge in [0.05, 0.1) is 6.10 Å². The van der Waals surface area contributed by atoms with Crippen LogP contribution < -0.4 is 10.6 Å². The highest BCUT2D eigenvalue weighted by Crippen LogP contribution is 2.28. The fourth-order valence-electron chi connectivity index (χ4n) is 3.49. The number of nitrogens with one attached hydrogen (secondary N) is 2. The largest absolute Gasteiger partial charge is 0.393 e. The van der Waals surface area contributed by atoms with E-state index in [2.05, 4.69) is 55.7 Å². The van der Waals surface area contributed by atoms with Crippen LogP contribution in [0.15, 0.2) is 30.3 Å². The number of benzene rings is 1. The highest BCUT2D eigenvalue weighted by Gasteiger charge is 2.25. The summed E-state index contributed by atoms with van der Waals surface area (Å²) in [5, 5.41) is 15.6. The summed E-state index contributed by atoms with van der Waals surface area (Å²) in [6, 6.07) is 10.6. The number of aliphatic hydroxyl groups is 1. The summed E-state index contributed by atoms with van der Waals surface area (Å²) in [7, 11) is 0. The Morgan fingerprint density at radius 1 is 1.22 bits per heavy atom. The molecule has 1 aliphatic carbocycles. The van der Waals surface area contributed by atoms with Crippen LogP contribution in [-0.4, -0.2) is 29.3 Å². The van der Waals surface area contributed by atoms with Crippen LogP contribution in [0.2, 0.25) is 0 Å². The van der Waals surface area contributed by atoms with Gasteiger partial charge in [0.1, 0.15) is 0 Å².